The number of unbranched alkanes of at least 4 members (excludes halogenated alkanes) is 1. The summed E-state index contributed by atoms with van der Waals surface area (Å²) in [6.45, 7) is 7.58. The molecule has 0 fully saturated rings. The van der Waals surface area contributed by atoms with E-state index in [0.29, 0.717) is 51.3 Å². The van der Waals surface area contributed by atoms with Crippen LogP contribution >= 0.6 is 35.6 Å². The van der Waals surface area contributed by atoms with Crippen molar-refractivity contribution < 1.29 is 4.74 Å². The molecule has 140 valence electrons. The van der Waals surface area contributed by atoms with Crippen molar-refractivity contribution in [1.82, 2.24) is 4.57 Å². The van der Waals surface area contributed by atoms with Crippen molar-refractivity contribution >= 4 is 46.4 Å². The molecule has 2 aromatic rings. The summed E-state index contributed by atoms with van der Waals surface area (Å²) >= 11 is 12.3. The number of halogens is 3. The zero-order valence-electron chi connectivity index (χ0n) is 14.8. The van der Waals surface area contributed by atoms with Gasteiger partial charge in [0.15, 0.2) is 0 Å². The van der Waals surface area contributed by atoms with E-state index in [2.05, 4.69) is 20.8 Å². The second kappa shape index (κ2) is 9.67. The normalized spacial score (nSPS) is 11.0. The van der Waals surface area contributed by atoms with Gasteiger partial charge in [0.2, 0.25) is 0 Å². The number of benzene rings is 1. The fraction of sp³-hybridized carbons (Fsp3) is 0.500. The third-order valence-corrected chi connectivity index (χ3v) is 4.58. The molecule has 0 aliphatic heterocycles. The highest BCUT2D eigenvalue weighted by atomic mass is 35.5. The van der Waals surface area contributed by atoms with E-state index in [1.165, 1.54) is 0 Å². The molecule has 0 amide bonds. The third-order valence-electron chi connectivity index (χ3n) is 3.85. The Morgan fingerprint density at radius 3 is 2.32 bits per heavy atom. The van der Waals surface area contributed by atoms with Gasteiger partial charge in [-0.3, -0.25) is 4.79 Å². The van der Waals surface area contributed by atoms with Gasteiger partial charge in [0.25, 0.3) is 5.56 Å². The number of aromatic nitrogens is 1. The Kier molecular flexibility index (Phi) is 8.55. The van der Waals surface area contributed by atoms with Gasteiger partial charge in [-0.1, -0.05) is 50.4 Å². The van der Waals surface area contributed by atoms with Crippen LogP contribution in [0.4, 0.5) is 0 Å². The third kappa shape index (κ3) is 4.82. The summed E-state index contributed by atoms with van der Waals surface area (Å²) in [5.41, 5.74) is 6.55. The van der Waals surface area contributed by atoms with Gasteiger partial charge >= 0.3 is 0 Å². The molecule has 25 heavy (non-hydrogen) atoms. The van der Waals surface area contributed by atoms with Crippen LogP contribution < -0.4 is 16.0 Å². The highest BCUT2D eigenvalue weighted by Gasteiger charge is 2.19. The fourth-order valence-electron chi connectivity index (χ4n) is 2.70. The Morgan fingerprint density at radius 2 is 1.80 bits per heavy atom. The van der Waals surface area contributed by atoms with Gasteiger partial charge < -0.3 is 15.0 Å². The number of pyridine rings is 1. The molecule has 2 rings (SSSR count). The molecule has 0 unspecified atom stereocenters. The standard InChI is InChI=1S/C18H24Cl2N2O2.ClH/c1-4-5-6-24-17-12-7-14(19)15(20)8-13(12)18(23)22(10-11(2)3)16(17)9-21;/h7-8,11H,4-6,9-10,21H2,1-3H3;1H. The molecule has 0 aliphatic rings. The average Bonchev–Trinajstić information content (AvgIpc) is 2.53. The predicted molar refractivity (Wildman–Crippen MR) is 109 cm³/mol. The van der Waals surface area contributed by atoms with E-state index in [4.69, 9.17) is 33.7 Å². The molecule has 0 atom stereocenters. The molecule has 1 aromatic heterocycles. The second-order valence-corrected chi connectivity index (χ2v) is 7.12. The summed E-state index contributed by atoms with van der Waals surface area (Å²) in [6.07, 6.45) is 1.95. The summed E-state index contributed by atoms with van der Waals surface area (Å²) in [6, 6.07) is 3.31. The van der Waals surface area contributed by atoms with Gasteiger partial charge in [-0.15, -0.1) is 12.4 Å². The molecule has 0 bridgehead atoms. The number of nitrogens with two attached hydrogens (primary N) is 1. The maximum Gasteiger partial charge on any atom is 0.258 e. The molecule has 0 saturated heterocycles. The maximum atomic E-state index is 12.9. The Hall–Kier alpha value is -0.940. The Labute approximate surface area is 164 Å². The minimum atomic E-state index is -0.111. The topological polar surface area (TPSA) is 57.2 Å². The quantitative estimate of drug-likeness (QED) is 0.655. The van der Waals surface area contributed by atoms with Crippen molar-refractivity contribution in [2.75, 3.05) is 6.61 Å². The van der Waals surface area contributed by atoms with Crippen molar-refractivity contribution in [3.63, 3.8) is 0 Å². The SMILES string of the molecule is CCCCOc1c(CN)n(CC(C)C)c(=O)c2cc(Cl)c(Cl)cc12.Cl. The van der Waals surface area contributed by atoms with Crippen molar-refractivity contribution in [2.24, 2.45) is 11.7 Å². The fourth-order valence-corrected chi connectivity index (χ4v) is 3.03. The minimum absolute atomic E-state index is 0. The van der Waals surface area contributed by atoms with Gasteiger partial charge in [-0.25, -0.2) is 0 Å². The first-order valence-electron chi connectivity index (χ1n) is 8.27. The smallest absolute Gasteiger partial charge is 0.258 e. The van der Waals surface area contributed by atoms with Gasteiger partial charge in [0.1, 0.15) is 5.75 Å². The maximum absolute atomic E-state index is 12.9. The van der Waals surface area contributed by atoms with E-state index in [-0.39, 0.29) is 24.5 Å². The van der Waals surface area contributed by atoms with Crippen LogP contribution in [0, 0.1) is 5.92 Å². The molecule has 0 spiro atoms. The average molecular weight is 408 g/mol. The molecule has 1 aromatic carbocycles. The Morgan fingerprint density at radius 1 is 1.20 bits per heavy atom. The number of hydrogen-bond acceptors (Lipinski definition) is 3. The Balaban J connectivity index is 0.00000312. The van der Waals surface area contributed by atoms with Crippen LogP contribution in [-0.2, 0) is 13.1 Å². The number of rotatable bonds is 7. The molecule has 4 nitrogen and oxygen atoms in total. The van der Waals surface area contributed by atoms with Crippen molar-refractivity contribution in [2.45, 2.75) is 46.7 Å². The van der Waals surface area contributed by atoms with Crippen LogP contribution in [0.25, 0.3) is 10.8 Å². The highest BCUT2D eigenvalue weighted by Crippen LogP contribution is 2.34. The number of nitrogens with zero attached hydrogens (tertiary/aromatic N) is 1. The summed E-state index contributed by atoms with van der Waals surface area (Å²) in [5.74, 6) is 0.941. The highest BCUT2D eigenvalue weighted by molar-refractivity contribution is 6.42. The molecule has 0 saturated carbocycles. The monoisotopic (exact) mass is 406 g/mol. The van der Waals surface area contributed by atoms with E-state index in [1.54, 1.807) is 16.7 Å². The van der Waals surface area contributed by atoms with Crippen molar-refractivity contribution in [1.29, 1.82) is 0 Å². The van der Waals surface area contributed by atoms with Crippen LogP contribution in [0.1, 0.15) is 39.3 Å². The zero-order chi connectivity index (χ0) is 17.9. The van der Waals surface area contributed by atoms with Crippen molar-refractivity contribution in [3.8, 4) is 5.75 Å². The number of ether oxygens (including phenoxy) is 1. The minimum Gasteiger partial charge on any atom is -0.491 e. The zero-order valence-corrected chi connectivity index (χ0v) is 17.1. The second-order valence-electron chi connectivity index (χ2n) is 6.30. The van der Waals surface area contributed by atoms with Crippen LogP contribution in [0.2, 0.25) is 10.0 Å². The summed E-state index contributed by atoms with van der Waals surface area (Å²) in [7, 11) is 0. The molecule has 1 heterocycles. The predicted octanol–water partition coefficient (Wildman–Crippen LogP) is 5.02. The number of hydrogen-bond donors (Lipinski definition) is 1. The van der Waals surface area contributed by atoms with E-state index >= 15 is 0 Å². The lowest BCUT2D eigenvalue weighted by molar-refractivity contribution is 0.304. The first-order valence-corrected chi connectivity index (χ1v) is 9.03. The molecular formula is C18H25Cl3N2O2. The van der Waals surface area contributed by atoms with Crippen LogP contribution in [0.5, 0.6) is 5.75 Å². The molecule has 7 heteroatoms. The van der Waals surface area contributed by atoms with Crippen molar-refractivity contribution in [3.05, 3.63) is 38.2 Å². The van der Waals surface area contributed by atoms with E-state index in [9.17, 15) is 4.79 Å². The Bertz CT molecular complexity index is 788. The first kappa shape index (κ1) is 22.1. The van der Waals surface area contributed by atoms with Gasteiger partial charge in [0.05, 0.1) is 27.7 Å². The first-order chi connectivity index (χ1) is 11.4. The van der Waals surface area contributed by atoms with E-state index < -0.39 is 0 Å². The van der Waals surface area contributed by atoms with Crippen LogP contribution in [-0.4, -0.2) is 11.2 Å². The molecule has 0 radical (unpaired) electrons. The van der Waals surface area contributed by atoms with Crippen LogP contribution in [0.15, 0.2) is 16.9 Å². The van der Waals surface area contributed by atoms with E-state index in [0.717, 1.165) is 12.8 Å². The van der Waals surface area contributed by atoms with Gasteiger partial charge in [0, 0.05) is 18.5 Å². The lowest BCUT2D eigenvalue weighted by Crippen LogP contribution is -2.28. The number of fused-ring (bicyclic) bond motifs is 1. The lowest BCUT2D eigenvalue weighted by Gasteiger charge is -2.20. The van der Waals surface area contributed by atoms with Gasteiger partial charge in [-0.2, -0.15) is 0 Å². The summed E-state index contributed by atoms with van der Waals surface area (Å²) < 4.78 is 7.72. The summed E-state index contributed by atoms with van der Waals surface area (Å²) in [5, 5.41) is 1.94. The van der Waals surface area contributed by atoms with E-state index in [1.807, 2.05) is 0 Å². The largest absolute Gasteiger partial charge is 0.491 e. The van der Waals surface area contributed by atoms with Crippen LogP contribution in [0.3, 0.4) is 0 Å². The molecule has 0 aliphatic carbocycles. The summed E-state index contributed by atoms with van der Waals surface area (Å²) in [4.78, 5) is 12.9. The molecular weight excluding hydrogens is 383 g/mol. The van der Waals surface area contributed by atoms with Gasteiger partial charge in [-0.05, 0) is 24.5 Å². The molecule has 2 N–H and O–H groups in total. The lowest BCUT2D eigenvalue weighted by atomic mass is 10.1.